The number of carbonyl (C=O) groups is 1. The summed E-state index contributed by atoms with van der Waals surface area (Å²) in [5, 5.41) is 8.41. The third kappa shape index (κ3) is 3.84. The van der Waals surface area contributed by atoms with Crippen LogP contribution in [0.2, 0.25) is 0 Å². The second-order valence-electron chi connectivity index (χ2n) is 3.01. The fourth-order valence-electron chi connectivity index (χ4n) is 1.13. The summed E-state index contributed by atoms with van der Waals surface area (Å²) in [5.41, 5.74) is 6.26. The Morgan fingerprint density at radius 2 is 2.29 bits per heavy atom. The van der Waals surface area contributed by atoms with E-state index < -0.39 is 5.97 Å². The van der Waals surface area contributed by atoms with Gasteiger partial charge >= 0.3 is 5.97 Å². The highest BCUT2D eigenvalue weighted by Gasteiger charge is 1.99. The summed E-state index contributed by atoms with van der Waals surface area (Å²) in [6, 6.07) is 1.79. The standard InChI is InChI=1S/C9H13N3O2/c10-9-11-6-5-7(12-9)3-1-2-4-8(13)14/h5-6H,1-4H2,(H,13,14)(H2,10,11,12). The number of rotatable bonds is 5. The Labute approximate surface area is 82.0 Å². The molecule has 0 bridgehead atoms. The molecule has 0 atom stereocenters. The van der Waals surface area contributed by atoms with Crippen molar-refractivity contribution in [2.24, 2.45) is 0 Å². The van der Waals surface area contributed by atoms with E-state index in [1.807, 2.05) is 0 Å². The molecule has 1 heterocycles. The monoisotopic (exact) mass is 195 g/mol. The van der Waals surface area contributed by atoms with E-state index in [2.05, 4.69) is 9.97 Å². The molecule has 0 fully saturated rings. The van der Waals surface area contributed by atoms with Crippen LogP contribution in [-0.2, 0) is 11.2 Å². The van der Waals surface area contributed by atoms with Gasteiger partial charge in [0, 0.05) is 18.3 Å². The van der Waals surface area contributed by atoms with Gasteiger partial charge in [-0.2, -0.15) is 0 Å². The van der Waals surface area contributed by atoms with Crippen molar-refractivity contribution in [1.29, 1.82) is 0 Å². The van der Waals surface area contributed by atoms with Gasteiger partial charge < -0.3 is 10.8 Å². The second kappa shape index (κ2) is 5.16. The molecule has 0 saturated carbocycles. The predicted molar refractivity (Wildman–Crippen MR) is 51.6 cm³/mol. The molecule has 1 aromatic heterocycles. The van der Waals surface area contributed by atoms with Crippen molar-refractivity contribution in [3.8, 4) is 0 Å². The Kier molecular flexibility index (Phi) is 3.84. The van der Waals surface area contributed by atoms with Crippen LogP contribution in [-0.4, -0.2) is 21.0 Å². The Balaban J connectivity index is 2.28. The molecule has 0 aromatic carbocycles. The minimum Gasteiger partial charge on any atom is -0.481 e. The fourth-order valence-corrected chi connectivity index (χ4v) is 1.13. The van der Waals surface area contributed by atoms with Crippen LogP contribution in [0.4, 0.5) is 5.95 Å². The van der Waals surface area contributed by atoms with Gasteiger partial charge in [0.2, 0.25) is 5.95 Å². The van der Waals surface area contributed by atoms with E-state index in [0.29, 0.717) is 6.42 Å². The molecule has 0 aliphatic rings. The molecule has 1 aromatic rings. The molecule has 1 rings (SSSR count). The van der Waals surface area contributed by atoms with Crippen LogP contribution in [0, 0.1) is 0 Å². The van der Waals surface area contributed by atoms with E-state index in [0.717, 1.165) is 18.5 Å². The summed E-state index contributed by atoms with van der Waals surface area (Å²) in [5.74, 6) is -0.493. The zero-order valence-corrected chi connectivity index (χ0v) is 7.81. The van der Waals surface area contributed by atoms with E-state index in [9.17, 15) is 4.79 Å². The number of aryl methyl sites for hydroxylation is 1. The van der Waals surface area contributed by atoms with Crippen molar-refractivity contribution in [3.63, 3.8) is 0 Å². The molecule has 0 aliphatic carbocycles. The molecular formula is C9H13N3O2. The van der Waals surface area contributed by atoms with Crippen LogP contribution in [0.25, 0.3) is 0 Å². The zero-order valence-electron chi connectivity index (χ0n) is 7.81. The number of hydrogen-bond donors (Lipinski definition) is 2. The lowest BCUT2D eigenvalue weighted by atomic mass is 10.1. The van der Waals surface area contributed by atoms with Crippen molar-refractivity contribution < 1.29 is 9.90 Å². The maximum Gasteiger partial charge on any atom is 0.303 e. The molecule has 14 heavy (non-hydrogen) atoms. The van der Waals surface area contributed by atoms with Gasteiger partial charge in [-0.1, -0.05) is 0 Å². The number of aromatic nitrogens is 2. The molecule has 0 saturated heterocycles. The average Bonchev–Trinajstić information content (AvgIpc) is 2.12. The molecule has 0 aliphatic heterocycles. The highest BCUT2D eigenvalue weighted by molar-refractivity contribution is 5.66. The zero-order chi connectivity index (χ0) is 10.4. The van der Waals surface area contributed by atoms with Gasteiger partial charge in [0.1, 0.15) is 0 Å². The summed E-state index contributed by atoms with van der Waals surface area (Å²) in [7, 11) is 0. The average molecular weight is 195 g/mol. The highest BCUT2D eigenvalue weighted by Crippen LogP contribution is 2.04. The fraction of sp³-hybridized carbons (Fsp3) is 0.444. The van der Waals surface area contributed by atoms with Crippen molar-refractivity contribution in [3.05, 3.63) is 18.0 Å². The summed E-state index contributed by atoms with van der Waals surface area (Å²) < 4.78 is 0. The third-order valence-corrected chi connectivity index (χ3v) is 1.81. The maximum atomic E-state index is 10.2. The van der Waals surface area contributed by atoms with Crippen molar-refractivity contribution in [1.82, 2.24) is 9.97 Å². The van der Waals surface area contributed by atoms with Crippen LogP contribution < -0.4 is 5.73 Å². The number of unbranched alkanes of at least 4 members (excludes halogenated alkanes) is 1. The Bertz CT molecular complexity index is 315. The van der Waals surface area contributed by atoms with E-state index in [1.54, 1.807) is 12.3 Å². The minimum atomic E-state index is -0.757. The number of carboxylic acid groups (broad SMARTS) is 1. The highest BCUT2D eigenvalue weighted by atomic mass is 16.4. The molecule has 5 nitrogen and oxygen atoms in total. The second-order valence-corrected chi connectivity index (χ2v) is 3.01. The normalized spacial score (nSPS) is 10.0. The molecular weight excluding hydrogens is 182 g/mol. The Morgan fingerprint density at radius 3 is 2.93 bits per heavy atom. The van der Waals surface area contributed by atoms with Crippen molar-refractivity contribution in [2.45, 2.75) is 25.7 Å². The van der Waals surface area contributed by atoms with E-state index in [1.165, 1.54) is 0 Å². The SMILES string of the molecule is Nc1nccc(CCCCC(=O)O)n1. The first-order chi connectivity index (χ1) is 6.68. The lowest BCUT2D eigenvalue weighted by Gasteiger charge is -1.99. The molecule has 76 valence electrons. The maximum absolute atomic E-state index is 10.2. The minimum absolute atomic E-state index is 0.209. The number of hydrogen-bond acceptors (Lipinski definition) is 4. The third-order valence-electron chi connectivity index (χ3n) is 1.81. The summed E-state index contributed by atoms with van der Waals surface area (Å²) in [6.45, 7) is 0. The molecule has 5 heteroatoms. The van der Waals surface area contributed by atoms with Crippen LogP contribution in [0.1, 0.15) is 25.0 Å². The van der Waals surface area contributed by atoms with Gasteiger partial charge in [-0.05, 0) is 25.3 Å². The lowest BCUT2D eigenvalue weighted by Crippen LogP contribution is -1.99. The Morgan fingerprint density at radius 1 is 1.50 bits per heavy atom. The number of nitrogens with two attached hydrogens (primary N) is 1. The topological polar surface area (TPSA) is 89.1 Å². The predicted octanol–water partition coefficient (Wildman–Crippen LogP) is 0.856. The first-order valence-electron chi connectivity index (χ1n) is 4.47. The van der Waals surface area contributed by atoms with Gasteiger partial charge in [-0.3, -0.25) is 4.79 Å². The van der Waals surface area contributed by atoms with Crippen LogP contribution in [0.3, 0.4) is 0 Å². The van der Waals surface area contributed by atoms with E-state index >= 15 is 0 Å². The summed E-state index contributed by atoms with van der Waals surface area (Å²) in [6.07, 6.45) is 4.04. The molecule has 3 N–H and O–H groups in total. The quantitative estimate of drug-likeness (QED) is 0.680. The van der Waals surface area contributed by atoms with Gasteiger partial charge in [0.05, 0.1) is 0 Å². The van der Waals surface area contributed by atoms with Gasteiger partial charge in [-0.15, -0.1) is 0 Å². The van der Waals surface area contributed by atoms with E-state index in [4.69, 9.17) is 10.8 Å². The van der Waals surface area contributed by atoms with Gasteiger partial charge in [0.15, 0.2) is 0 Å². The summed E-state index contributed by atoms with van der Waals surface area (Å²) >= 11 is 0. The van der Waals surface area contributed by atoms with Crippen LogP contribution in [0.15, 0.2) is 12.3 Å². The van der Waals surface area contributed by atoms with E-state index in [-0.39, 0.29) is 12.4 Å². The number of nitrogens with zero attached hydrogens (tertiary/aromatic N) is 2. The largest absolute Gasteiger partial charge is 0.481 e. The molecule has 0 spiro atoms. The van der Waals surface area contributed by atoms with Crippen molar-refractivity contribution >= 4 is 11.9 Å². The van der Waals surface area contributed by atoms with Crippen molar-refractivity contribution in [2.75, 3.05) is 5.73 Å². The first kappa shape index (κ1) is 10.4. The number of anilines is 1. The number of carboxylic acids is 1. The first-order valence-corrected chi connectivity index (χ1v) is 4.47. The lowest BCUT2D eigenvalue weighted by molar-refractivity contribution is -0.137. The summed E-state index contributed by atoms with van der Waals surface area (Å²) in [4.78, 5) is 18.0. The smallest absolute Gasteiger partial charge is 0.303 e. The molecule has 0 radical (unpaired) electrons. The van der Waals surface area contributed by atoms with Crippen LogP contribution in [0.5, 0.6) is 0 Å². The Hall–Kier alpha value is -1.65. The van der Waals surface area contributed by atoms with Gasteiger partial charge in [-0.25, -0.2) is 9.97 Å². The molecule has 0 amide bonds. The number of aliphatic carboxylic acids is 1. The van der Waals surface area contributed by atoms with Gasteiger partial charge in [0.25, 0.3) is 0 Å². The number of nitrogen functional groups attached to an aromatic ring is 1. The van der Waals surface area contributed by atoms with Crippen LogP contribution >= 0.6 is 0 Å². The molecule has 0 unspecified atom stereocenters.